The van der Waals surface area contributed by atoms with Crippen molar-refractivity contribution in [3.8, 4) is 0 Å². The van der Waals surface area contributed by atoms with E-state index in [1.54, 1.807) is 26.3 Å². The van der Waals surface area contributed by atoms with Gasteiger partial charge in [0.1, 0.15) is 0 Å². The number of aryl methyl sites for hydroxylation is 1. The molecule has 0 unspecified atom stereocenters. The van der Waals surface area contributed by atoms with E-state index in [1.807, 2.05) is 13.0 Å². The van der Waals surface area contributed by atoms with Crippen molar-refractivity contribution in [2.75, 3.05) is 39.2 Å². The molecule has 0 heterocycles. The van der Waals surface area contributed by atoms with E-state index in [2.05, 4.69) is 16.0 Å². The van der Waals surface area contributed by atoms with Gasteiger partial charge in [-0.2, -0.15) is 0 Å². The molecule has 0 aliphatic heterocycles. The molecule has 110 valence electrons. The van der Waals surface area contributed by atoms with E-state index in [0.717, 1.165) is 5.56 Å². The van der Waals surface area contributed by atoms with Gasteiger partial charge in [0.15, 0.2) is 0 Å². The predicted octanol–water partition coefficient (Wildman–Crippen LogP) is 0.529. The van der Waals surface area contributed by atoms with Gasteiger partial charge in [-0.05, 0) is 19.1 Å². The molecule has 0 aliphatic rings. The molecule has 0 saturated carbocycles. The number of benzene rings is 1. The molecule has 1 rings (SSSR count). The Kier molecular flexibility index (Phi) is 6.69. The van der Waals surface area contributed by atoms with E-state index in [-0.39, 0.29) is 18.4 Å². The highest BCUT2D eigenvalue weighted by molar-refractivity contribution is 6.04. The summed E-state index contributed by atoms with van der Waals surface area (Å²) in [6.45, 7) is 3.20. The van der Waals surface area contributed by atoms with Gasteiger partial charge >= 0.3 is 0 Å². The molecular formula is C14H21N3O3. The molecular weight excluding hydrogens is 258 g/mol. The van der Waals surface area contributed by atoms with Crippen LogP contribution in [0.5, 0.6) is 0 Å². The molecule has 0 atom stereocenters. The number of rotatable bonds is 7. The molecule has 3 N–H and O–H groups in total. The minimum absolute atomic E-state index is 0.171. The first-order valence-corrected chi connectivity index (χ1v) is 6.40. The van der Waals surface area contributed by atoms with Gasteiger partial charge < -0.3 is 20.7 Å². The predicted molar refractivity (Wildman–Crippen MR) is 77.9 cm³/mol. The molecule has 0 bridgehead atoms. The van der Waals surface area contributed by atoms with Crippen LogP contribution >= 0.6 is 0 Å². The van der Waals surface area contributed by atoms with Crippen molar-refractivity contribution in [3.63, 3.8) is 0 Å². The van der Waals surface area contributed by atoms with Crippen molar-refractivity contribution >= 4 is 17.5 Å². The summed E-state index contributed by atoms with van der Waals surface area (Å²) in [7, 11) is 3.16. The van der Waals surface area contributed by atoms with Crippen LogP contribution in [0, 0.1) is 6.92 Å². The Morgan fingerprint density at radius 2 is 2.05 bits per heavy atom. The zero-order chi connectivity index (χ0) is 15.0. The summed E-state index contributed by atoms with van der Waals surface area (Å²) >= 11 is 0. The second-order valence-electron chi connectivity index (χ2n) is 4.35. The summed E-state index contributed by atoms with van der Waals surface area (Å²) in [4.78, 5) is 23.6. The van der Waals surface area contributed by atoms with Crippen molar-refractivity contribution in [1.29, 1.82) is 0 Å². The SMILES string of the molecule is CNC(=O)c1cc(C)ccc1NC(=O)CNCCOC. The molecule has 0 aliphatic carbocycles. The fourth-order valence-electron chi connectivity index (χ4n) is 1.66. The van der Waals surface area contributed by atoms with E-state index in [4.69, 9.17) is 4.74 Å². The molecule has 20 heavy (non-hydrogen) atoms. The van der Waals surface area contributed by atoms with Gasteiger partial charge in [0.2, 0.25) is 5.91 Å². The van der Waals surface area contributed by atoms with Crippen molar-refractivity contribution in [1.82, 2.24) is 10.6 Å². The highest BCUT2D eigenvalue weighted by Crippen LogP contribution is 2.17. The molecule has 0 fully saturated rings. The number of hydrogen-bond donors (Lipinski definition) is 3. The lowest BCUT2D eigenvalue weighted by molar-refractivity contribution is -0.115. The van der Waals surface area contributed by atoms with E-state index < -0.39 is 0 Å². The van der Waals surface area contributed by atoms with Gasteiger partial charge in [-0.3, -0.25) is 9.59 Å². The first-order valence-electron chi connectivity index (χ1n) is 6.40. The molecule has 0 spiro atoms. The second-order valence-corrected chi connectivity index (χ2v) is 4.35. The number of methoxy groups -OCH3 is 1. The largest absolute Gasteiger partial charge is 0.383 e. The van der Waals surface area contributed by atoms with E-state index >= 15 is 0 Å². The monoisotopic (exact) mass is 279 g/mol. The smallest absolute Gasteiger partial charge is 0.253 e. The van der Waals surface area contributed by atoms with Gasteiger partial charge in [-0.15, -0.1) is 0 Å². The molecule has 1 aromatic rings. The Balaban J connectivity index is 2.67. The lowest BCUT2D eigenvalue weighted by atomic mass is 10.1. The number of carbonyl (C=O) groups excluding carboxylic acids is 2. The molecule has 6 nitrogen and oxygen atoms in total. The molecule has 6 heteroatoms. The topological polar surface area (TPSA) is 79.5 Å². The van der Waals surface area contributed by atoms with Crippen LogP contribution in [0.3, 0.4) is 0 Å². The third kappa shape index (κ3) is 4.99. The summed E-state index contributed by atoms with van der Waals surface area (Å²) in [6.07, 6.45) is 0. The first kappa shape index (κ1) is 16.1. The number of nitrogens with one attached hydrogen (secondary N) is 3. The van der Waals surface area contributed by atoms with Crippen LogP contribution in [0.25, 0.3) is 0 Å². The lowest BCUT2D eigenvalue weighted by Gasteiger charge is -2.11. The van der Waals surface area contributed by atoms with E-state index in [1.165, 1.54) is 0 Å². The zero-order valence-corrected chi connectivity index (χ0v) is 12.1. The first-order chi connectivity index (χ1) is 9.58. The van der Waals surface area contributed by atoms with Gasteiger partial charge in [0, 0.05) is 20.7 Å². The summed E-state index contributed by atoms with van der Waals surface area (Å²) < 4.78 is 4.87. The summed E-state index contributed by atoms with van der Waals surface area (Å²) in [5.74, 6) is -0.425. The number of amides is 2. The van der Waals surface area contributed by atoms with Gasteiger partial charge in [0.25, 0.3) is 5.91 Å². The van der Waals surface area contributed by atoms with Crippen LogP contribution in [0.4, 0.5) is 5.69 Å². The number of carbonyl (C=O) groups is 2. The summed E-state index contributed by atoms with van der Waals surface area (Å²) in [5.41, 5.74) is 1.92. The third-order valence-corrected chi connectivity index (χ3v) is 2.69. The van der Waals surface area contributed by atoms with E-state index in [0.29, 0.717) is 24.4 Å². The number of hydrogen-bond acceptors (Lipinski definition) is 4. The zero-order valence-electron chi connectivity index (χ0n) is 12.1. The highest BCUT2D eigenvalue weighted by atomic mass is 16.5. The quantitative estimate of drug-likeness (QED) is 0.636. The Labute approximate surface area is 118 Å². The summed E-state index contributed by atoms with van der Waals surface area (Å²) in [5, 5.41) is 8.23. The van der Waals surface area contributed by atoms with Crippen molar-refractivity contribution in [3.05, 3.63) is 29.3 Å². The van der Waals surface area contributed by atoms with Crippen LogP contribution in [0.2, 0.25) is 0 Å². The van der Waals surface area contributed by atoms with Crippen LogP contribution in [-0.4, -0.2) is 45.7 Å². The van der Waals surface area contributed by atoms with Gasteiger partial charge in [0.05, 0.1) is 24.4 Å². The third-order valence-electron chi connectivity index (χ3n) is 2.69. The van der Waals surface area contributed by atoms with Crippen LogP contribution < -0.4 is 16.0 Å². The molecule has 0 aromatic heterocycles. The molecule has 2 amide bonds. The van der Waals surface area contributed by atoms with Crippen molar-refractivity contribution < 1.29 is 14.3 Å². The van der Waals surface area contributed by atoms with Crippen LogP contribution in [-0.2, 0) is 9.53 Å². The Bertz CT molecular complexity index is 475. The lowest BCUT2D eigenvalue weighted by Crippen LogP contribution is -2.31. The van der Waals surface area contributed by atoms with Crippen LogP contribution in [0.15, 0.2) is 18.2 Å². The second kappa shape index (κ2) is 8.29. The fourth-order valence-corrected chi connectivity index (χ4v) is 1.66. The highest BCUT2D eigenvalue weighted by Gasteiger charge is 2.12. The van der Waals surface area contributed by atoms with Gasteiger partial charge in [-0.1, -0.05) is 11.6 Å². The Morgan fingerprint density at radius 1 is 1.30 bits per heavy atom. The van der Waals surface area contributed by atoms with Crippen LogP contribution in [0.1, 0.15) is 15.9 Å². The Hall–Kier alpha value is -1.92. The number of ether oxygens (including phenoxy) is 1. The summed E-state index contributed by atoms with van der Waals surface area (Å²) in [6, 6.07) is 5.32. The molecule has 0 saturated heterocycles. The van der Waals surface area contributed by atoms with Crippen molar-refractivity contribution in [2.45, 2.75) is 6.92 Å². The minimum Gasteiger partial charge on any atom is -0.383 e. The average molecular weight is 279 g/mol. The number of anilines is 1. The standard InChI is InChI=1S/C14H21N3O3/c1-10-4-5-12(11(8-10)14(19)15-2)17-13(18)9-16-6-7-20-3/h4-5,8,16H,6-7,9H2,1-3H3,(H,15,19)(H,17,18). The maximum absolute atomic E-state index is 11.8. The maximum Gasteiger partial charge on any atom is 0.253 e. The van der Waals surface area contributed by atoms with E-state index in [9.17, 15) is 9.59 Å². The minimum atomic E-state index is -0.226. The Morgan fingerprint density at radius 3 is 2.70 bits per heavy atom. The van der Waals surface area contributed by atoms with Gasteiger partial charge in [-0.25, -0.2) is 0 Å². The maximum atomic E-state index is 11.8. The van der Waals surface area contributed by atoms with Crippen molar-refractivity contribution in [2.24, 2.45) is 0 Å². The molecule has 0 radical (unpaired) electrons. The normalized spacial score (nSPS) is 10.2. The average Bonchev–Trinajstić information content (AvgIpc) is 2.44. The fraction of sp³-hybridized carbons (Fsp3) is 0.429. The molecule has 1 aromatic carbocycles.